The summed E-state index contributed by atoms with van der Waals surface area (Å²) in [6.45, 7) is 9.54. The number of carbonyl (C=O) groups excluding carboxylic acids is 4. The Morgan fingerprint density at radius 3 is 0.731 bits per heavy atom. The molecule has 2 unspecified atom stereocenters. The number of esters is 4. The van der Waals surface area contributed by atoms with Crippen LogP contribution >= 0.6 is 15.6 Å². The molecular weight excluding hydrogens is 1220 g/mol. The summed E-state index contributed by atoms with van der Waals surface area (Å²) in [6.07, 6.45) is 53.0. The maximum absolute atomic E-state index is 13.1. The molecule has 0 heterocycles. The van der Waals surface area contributed by atoms with Gasteiger partial charge in [-0.1, -0.05) is 330 Å². The van der Waals surface area contributed by atoms with Gasteiger partial charge in [0.25, 0.3) is 0 Å². The van der Waals surface area contributed by atoms with Gasteiger partial charge < -0.3 is 33.8 Å². The van der Waals surface area contributed by atoms with Crippen LogP contribution in [0.2, 0.25) is 0 Å². The summed E-state index contributed by atoms with van der Waals surface area (Å²) in [6, 6.07) is 0. The molecule has 0 aliphatic rings. The molecule has 0 aromatic heterocycles. The molecule has 93 heavy (non-hydrogen) atoms. The fraction of sp³-hybridized carbons (Fsp3) is 0.946. The number of phosphoric ester groups is 2. The van der Waals surface area contributed by atoms with Gasteiger partial charge >= 0.3 is 39.5 Å². The molecule has 0 aromatic carbocycles. The summed E-state index contributed by atoms with van der Waals surface area (Å²) in [5.74, 6) is -0.544. The van der Waals surface area contributed by atoms with Crippen LogP contribution in [0.1, 0.15) is 382 Å². The highest BCUT2D eigenvalue weighted by Crippen LogP contribution is 2.45. The van der Waals surface area contributed by atoms with E-state index in [1.165, 1.54) is 193 Å². The lowest BCUT2D eigenvalue weighted by molar-refractivity contribution is -0.161. The van der Waals surface area contributed by atoms with Crippen molar-refractivity contribution in [3.63, 3.8) is 0 Å². The van der Waals surface area contributed by atoms with Crippen LogP contribution in [-0.2, 0) is 65.4 Å². The first-order valence-electron chi connectivity index (χ1n) is 38.5. The van der Waals surface area contributed by atoms with Crippen molar-refractivity contribution >= 4 is 39.5 Å². The summed E-state index contributed by atoms with van der Waals surface area (Å²) in [5.41, 5.74) is 0. The maximum Gasteiger partial charge on any atom is 0.472 e. The SMILES string of the molecule is CCCCCCCCCCCCCCCCCC(=O)O[C@H](COC(=O)CCCCCCC)COP(=O)(O)OC[C@H](O)COP(=O)(O)OC[C@@H](COC(=O)CCCCCCCCCCCCCCC(C)C)OC(=O)CCCCCCCCCCCCCCCCCC(C)C. The molecule has 0 aliphatic heterocycles. The predicted octanol–water partition coefficient (Wildman–Crippen LogP) is 21.6. The minimum Gasteiger partial charge on any atom is -0.462 e. The van der Waals surface area contributed by atoms with Crippen LogP contribution in [0, 0.1) is 11.8 Å². The zero-order valence-electron chi connectivity index (χ0n) is 60.6. The van der Waals surface area contributed by atoms with E-state index < -0.39 is 97.5 Å². The second kappa shape index (κ2) is 66.0. The third-order valence-corrected chi connectivity index (χ3v) is 19.1. The Kier molecular flexibility index (Phi) is 64.6. The smallest absolute Gasteiger partial charge is 0.462 e. The highest BCUT2D eigenvalue weighted by atomic mass is 31.2. The van der Waals surface area contributed by atoms with Crippen LogP contribution in [0.3, 0.4) is 0 Å². The molecule has 0 fully saturated rings. The van der Waals surface area contributed by atoms with Crippen molar-refractivity contribution in [1.29, 1.82) is 0 Å². The van der Waals surface area contributed by atoms with Gasteiger partial charge in [0.1, 0.15) is 19.3 Å². The molecule has 0 spiro atoms. The Morgan fingerprint density at radius 2 is 0.495 bits per heavy atom. The minimum absolute atomic E-state index is 0.107. The molecule has 0 saturated carbocycles. The number of rotatable bonds is 73. The van der Waals surface area contributed by atoms with Crippen molar-refractivity contribution in [2.24, 2.45) is 11.8 Å². The lowest BCUT2D eigenvalue weighted by atomic mass is 10.0. The standard InChI is InChI=1S/C74H144O17P2/c1-7-9-11-13-14-15-16-17-19-23-30-35-40-46-52-58-73(78)90-69(62-84-71(76)56-50-42-12-10-8-2)64-88-92(80,81)86-60-68(75)61-87-93(82,83)89-65-70(63-85-72(77)57-51-45-39-34-29-26-25-28-33-38-44-49-55-67(5)6)91-74(79)59-53-47-41-36-31-24-21-18-20-22-27-32-37-43-48-54-66(3)4/h66-70,75H,7-65H2,1-6H3,(H,80,81)(H,82,83)/t68-,69+,70+/m0/s1. The zero-order chi connectivity index (χ0) is 68.6. The van der Waals surface area contributed by atoms with E-state index in [0.717, 1.165) is 108 Å². The largest absolute Gasteiger partial charge is 0.472 e. The first kappa shape index (κ1) is 91.1. The molecule has 0 bridgehead atoms. The molecule has 5 atom stereocenters. The van der Waals surface area contributed by atoms with Crippen molar-refractivity contribution in [3.8, 4) is 0 Å². The second-order valence-electron chi connectivity index (χ2n) is 27.6. The number of phosphoric acid groups is 2. The van der Waals surface area contributed by atoms with Crippen molar-refractivity contribution in [3.05, 3.63) is 0 Å². The first-order valence-corrected chi connectivity index (χ1v) is 41.5. The molecule has 0 aliphatic carbocycles. The monoisotopic (exact) mass is 1370 g/mol. The summed E-state index contributed by atoms with van der Waals surface area (Å²) in [4.78, 5) is 72.5. The van der Waals surface area contributed by atoms with E-state index in [1.54, 1.807) is 0 Å². The van der Waals surface area contributed by atoms with Gasteiger partial charge in [-0.25, -0.2) is 9.13 Å². The van der Waals surface area contributed by atoms with Crippen molar-refractivity contribution < 1.29 is 80.2 Å². The normalized spacial score (nSPS) is 14.1. The van der Waals surface area contributed by atoms with Gasteiger partial charge in [0.05, 0.1) is 26.4 Å². The number of aliphatic hydroxyl groups excluding tert-OH is 1. The Hall–Kier alpha value is -1.94. The highest BCUT2D eigenvalue weighted by molar-refractivity contribution is 7.47. The van der Waals surface area contributed by atoms with E-state index in [-0.39, 0.29) is 25.7 Å². The van der Waals surface area contributed by atoms with Gasteiger partial charge in [-0.2, -0.15) is 0 Å². The van der Waals surface area contributed by atoms with E-state index in [9.17, 15) is 43.2 Å². The molecule has 0 aromatic rings. The minimum atomic E-state index is -4.95. The van der Waals surface area contributed by atoms with E-state index in [4.69, 9.17) is 37.0 Å². The third-order valence-electron chi connectivity index (χ3n) is 17.2. The number of carbonyl (C=O) groups is 4. The lowest BCUT2D eigenvalue weighted by Gasteiger charge is -2.21. The fourth-order valence-electron chi connectivity index (χ4n) is 11.3. The van der Waals surface area contributed by atoms with Crippen molar-refractivity contribution in [2.45, 2.75) is 400 Å². The van der Waals surface area contributed by atoms with E-state index in [2.05, 4.69) is 41.5 Å². The van der Waals surface area contributed by atoms with E-state index in [1.807, 2.05) is 0 Å². The van der Waals surface area contributed by atoms with Crippen LogP contribution in [-0.4, -0.2) is 96.7 Å². The Labute approximate surface area is 568 Å². The van der Waals surface area contributed by atoms with Crippen LogP contribution in [0.15, 0.2) is 0 Å². The van der Waals surface area contributed by atoms with Crippen LogP contribution in [0.4, 0.5) is 0 Å². The Morgan fingerprint density at radius 1 is 0.290 bits per heavy atom. The molecule has 0 saturated heterocycles. The van der Waals surface area contributed by atoms with Crippen LogP contribution < -0.4 is 0 Å². The zero-order valence-corrected chi connectivity index (χ0v) is 62.3. The van der Waals surface area contributed by atoms with Gasteiger partial charge in [0.2, 0.25) is 0 Å². The molecular formula is C74H144O17P2. The number of hydrogen-bond acceptors (Lipinski definition) is 15. The van der Waals surface area contributed by atoms with Gasteiger partial charge in [0, 0.05) is 25.7 Å². The van der Waals surface area contributed by atoms with Crippen molar-refractivity contribution in [2.75, 3.05) is 39.6 Å². The number of unbranched alkanes of at least 4 members (excludes halogenated alkanes) is 43. The average Bonchev–Trinajstić information content (AvgIpc) is 2.25. The van der Waals surface area contributed by atoms with Crippen LogP contribution in [0.5, 0.6) is 0 Å². The quantitative estimate of drug-likeness (QED) is 0.0222. The molecule has 0 rings (SSSR count). The average molecular weight is 1370 g/mol. The number of hydrogen-bond donors (Lipinski definition) is 3. The summed E-state index contributed by atoms with van der Waals surface area (Å²) in [7, 11) is -9.90. The van der Waals surface area contributed by atoms with Gasteiger partial charge in [0.15, 0.2) is 12.2 Å². The maximum atomic E-state index is 13.1. The molecule has 17 nitrogen and oxygen atoms in total. The summed E-state index contributed by atoms with van der Waals surface area (Å²) in [5, 5.41) is 10.6. The van der Waals surface area contributed by atoms with Crippen molar-refractivity contribution in [1.82, 2.24) is 0 Å². The second-order valence-corrected chi connectivity index (χ2v) is 30.5. The summed E-state index contributed by atoms with van der Waals surface area (Å²) < 4.78 is 68.3. The fourth-order valence-corrected chi connectivity index (χ4v) is 12.9. The topological polar surface area (TPSA) is 237 Å². The predicted molar refractivity (Wildman–Crippen MR) is 377 cm³/mol. The number of aliphatic hydroxyl groups is 1. The van der Waals surface area contributed by atoms with E-state index >= 15 is 0 Å². The highest BCUT2D eigenvalue weighted by Gasteiger charge is 2.30. The number of ether oxygens (including phenoxy) is 4. The van der Waals surface area contributed by atoms with Gasteiger partial charge in [-0.05, 0) is 37.5 Å². The molecule has 0 radical (unpaired) electrons. The third kappa shape index (κ3) is 68.4. The van der Waals surface area contributed by atoms with Gasteiger partial charge in [-0.3, -0.25) is 37.3 Å². The summed E-state index contributed by atoms with van der Waals surface area (Å²) >= 11 is 0. The Bertz CT molecular complexity index is 1800. The first-order chi connectivity index (χ1) is 44.9. The lowest BCUT2D eigenvalue weighted by Crippen LogP contribution is -2.30. The molecule has 19 heteroatoms. The van der Waals surface area contributed by atoms with Gasteiger partial charge in [-0.15, -0.1) is 0 Å². The molecule has 3 N–H and O–H groups in total. The molecule has 552 valence electrons. The van der Waals surface area contributed by atoms with Crippen LogP contribution in [0.25, 0.3) is 0 Å². The Balaban J connectivity index is 5.14. The molecule has 0 amide bonds. The van der Waals surface area contributed by atoms with E-state index in [0.29, 0.717) is 25.7 Å².